The zero-order valence-electron chi connectivity index (χ0n) is 12.4. The lowest BCUT2D eigenvalue weighted by Gasteiger charge is -2.31. The molecule has 2 N–H and O–H groups in total. The molecular weight excluding hydrogens is 238 g/mol. The molecule has 1 aromatic carbocycles. The first-order valence-electron chi connectivity index (χ1n) is 7.27. The molecule has 0 radical (unpaired) electrons. The van der Waals surface area contributed by atoms with E-state index in [1.165, 1.54) is 5.56 Å². The summed E-state index contributed by atoms with van der Waals surface area (Å²) in [6.45, 7) is 8.02. The van der Waals surface area contributed by atoms with Crippen LogP contribution in [0.3, 0.4) is 0 Å². The van der Waals surface area contributed by atoms with Crippen LogP contribution >= 0.6 is 0 Å². The van der Waals surface area contributed by atoms with Crippen LogP contribution in [0.5, 0.6) is 5.75 Å². The maximum absolute atomic E-state index is 9.51. The lowest BCUT2D eigenvalue weighted by Crippen LogP contribution is -2.47. The normalized spacial score (nSPS) is 11.6. The second-order valence-corrected chi connectivity index (χ2v) is 4.99. The van der Waals surface area contributed by atoms with Gasteiger partial charge in [-0.15, -0.1) is 0 Å². The number of nitrogens with one attached hydrogen (secondary N) is 1. The zero-order valence-corrected chi connectivity index (χ0v) is 12.4. The van der Waals surface area contributed by atoms with Gasteiger partial charge in [0.15, 0.2) is 0 Å². The van der Waals surface area contributed by atoms with Crippen molar-refractivity contribution in [1.82, 2.24) is 5.32 Å². The summed E-state index contributed by atoms with van der Waals surface area (Å²) in [5.74, 6) is 0.921. The SMILES string of the molecule is CCCOc1ccc(CNC(CC)(CC)CO)cc1. The van der Waals surface area contributed by atoms with Gasteiger partial charge in [0.25, 0.3) is 0 Å². The van der Waals surface area contributed by atoms with Crippen molar-refractivity contribution < 1.29 is 9.84 Å². The Morgan fingerprint density at radius 1 is 1.11 bits per heavy atom. The van der Waals surface area contributed by atoms with E-state index >= 15 is 0 Å². The summed E-state index contributed by atoms with van der Waals surface area (Å²) in [5.41, 5.74) is 1.06. The molecule has 0 saturated heterocycles. The third kappa shape index (κ3) is 4.84. The van der Waals surface area contributed by atoms with Crippen LogP contribution in [0.15, 0.2) is 24.3 Å². The monoisotopic (exact) mass is 265 g/mol. The molecule has 0 aliphatic carbocycles. The van der Waals surface area contributed by atoms with E-state index in [1.807, 2.05) is 12.1 Å². The van der Waals surface area contributed by atoms with Crippen LogP contribution in [-0.4, -0.2) is 23.9 Å². The lowest BCUT2D eigenvalue weighted by molar-refractivity contribution is 0.149. The van der Waals surface area contributed by atoms with E-state index in [9.17, 15) is 5.11 Å². The molecule has 0 heterocycles. The van der Waals surface area contributed by atoms with Crippen molar-refractivity contribution in [3.8, 4) is 5.75 Å². The van der Waals surface area contributed by atoms with Gasteiger partial charge < -0.3 is 15.2 Å². The maximum Gasteiger partial charge on any atom is 0.119 e. The molecule has 0 bridgehead atoms. The Morgan fingerprint density at radius 3 is 2.21 bits per heavy atom. The minimum absolute atomic E-state index is 0.155. The molecule has 1 rings (SSSR count). The number of hydrogen-bond donors (Lipinski definition) is 2. The zero-order chi connectivity index (χ0) is 14.1. The molecule has 108 valence electrons. The van der Waals surface area contributed by atoms with Gasteiger partial charge in [0.05, 0.1) is 13.2 Å². The summed E-state index contributed by atoms with van der Waals surface area (Å²) in [5, 5.41) is 13.0. The first-order valence-corrected chi connectivity index (χ1v) is 7.27. The number of benzene rings is 1. The van der Waals surface area contributed by atoms with Crippen molar-refractivity contribution in [2.45, 2.75) is 52.1 Å². The van der Waals surface area contributed by atoms with E-state index in [2.05, 4.69) is 38.2 Å². The van der Waals surface area contributed by atoms with Crippen molar-refractivity contribution in [1.29, 1.82) is 0 Å². The fourth-order valence-electron chi connectivity index (χ4n) is 1.99. The van der Waals surface area contributed by atoms with Crippen molar-refractivity contribution in [3.63, 3.8) is 0 Å². The van der Waals surface area contributed by atoms with E-state index in [0.717, 1.165) is 38.2 Å². The Morgan fingerprint density at radius 2 is 1.74 bits per heavy atom. The van der Waals surface area contributed by atoms with Gasteiger partial charge in [-0.25, -0.2) is 0 Å². The summed E-state index contributed by atoms with van der Waals surface area (Å²) in [6, 6.07) is 8.16. The highest BCUT2D eigenvalue weighted by atomic mass is 16.5. The molecule has 0 unspecified atom stereocenters. The topological polar surface area (TPSA) is 41.5 Å². The second kappa shape index (κ2) is 8.18. The van der Waals surface area contributed by atoms with Crippen molar-refractivity contribution >= 4 is 0 Å². The number of hydrogen-bond acceptors (Lipinski definition) is 3. The molecule has 0 aromatic heterocycles. The Bertz CT molecular complexity index is 336. The molecule has 0 aliphatic heterocycles. The fraction of sp³-hybridized carbons (Fsp3) is 0.625. The predicted octanol–water partition coefficient (Wildman–Crippen LogP) is 3.12. The third-order valence-corrected chi connectivity index (χ3v) is 3.72. The van der Waals surface area contributed by atoms with Gasteiger partial charge in [-0.2, -0.15) is 0 Å². The van der Waals surface area contributed by atoms with Crippen molar-refractivity contribution in [3.05, 3.63) is 29.8 Å². The molecule has 3 nitrogen and oxygen atoms in total. The molecule has 0 fully saturated rings. The maximum atomic E-state index is 9.51. The van der Waals surface area contributed by atoms with Gasteiger partial charge in [0, 0.05) is 12.1 Å². The summed E-state index contributed by atoms with van der Waals surface area (Å²) in [7, 11) is 0. The summed E-state index contributed by atoms with van der Waals surface area (Å²) >= 11 is 0. The Labute approximate surface area is 117 Å². The minimum atomic E-state index is -0.155. The minimum Gasteiger partial charge on any atom is -0.494 e. The molecule has 19 heavy (non-hydrogen) atoms. The standard InChI is InChI=1S/C16H27NO2/c1-4-11-19-15-9-7-14(8-10-15)12-17-16(5-2,6-3)13-18/h7-10,17-18H,4-6,11-13H2,1-3H3. The highest BCUT2D eigenvalue weighted by Gasteiger charge is 2.23. The van der Waals surface area contributed by atoms with E-state index < -0.39 is 0 Å². The predicted molar refractivity (Wildman–Crippen MR) is 79.5 cm³/mol. The van der Waals surface area contributed by atoms with Crippen LogP contribution in [0.4, 0.5) is 0 Å². The summed E-state index contributed by atoms with van der Waals surface area (Å²) in [4.78, 5) is 0. The highest BCUT2D eigenvalue weighted by molar-refractivity contribution is 5.27. The first-order chi connectivity index (χ1) is 9.19. The molecule has 0 atom stereocenters. The third-order valence-electron chi connectivity index (χ3n) is 3.72. The Hall–Kier alpha value is -1.06. The van der Waals surface area contributed by atoms with Crippen LogP contribution < -0.4 is 10.1 Å². The average molecular weight is 265 g/mol. The largest absolute Gasteiger partial charge is 0.494 e. The Balaban J connectivity index is 2.53. The fourth-order valence-corrected chi connectivity index (χ4v) is 1.99. The van der Waals surface area contributed by atoms with Gasteiger partial charge in [0.1, 0.15) is 5.75 Å². The molecule has 0 saturated carbocycles. The molecule has 0 aliphatic rings. The van der Waals surface area contributed by atoms with E-state index in [4.69, 9.17) is 4.74 Å². The van der Waals surface area contributed by atoms with Gasteiger partial charge in [-0.05, 0) is 37.0 Å². The smallest absolute Gasteiger partial charge is 0.119 e. The number of ether oxygens (including phenoxy) is 1. The lowest BCUT2D eigenvalue weighted by atomic mass is 9.93. The van der Waals surface area contributed by atoms with Crippen LogP contribution in [0, 0.1) is 0 Å². The van der Waals surface area contributed by atoms with Crippen LogP contribution in [-0.2, 0) is 6.54 Å². The number of aliphatic hydroxyl groups is 1. The van der Waals surface area contributed by atoms with Gasteiger partial charge >= 0.3 is 0 Å². The average Bonchev–Trinajstić information content (AvgIpc) is 2.48. The van der Waals surface area contributed by atoms with Crippen LogP contribution in [0.2, 0.25) is 0 Å². The quantitative estimate of drug-likeness (QED) is 0.721. The van der Waals surface area contributed by atoms with Crippen molar-refractivity contribution in [2.24, 2.45) is 0 Å². The van der Waals surface area contributed by atoms with Crippen LogP contribution in [0.1, 0.15) is 45.6 Å². The van der Waals surface area contributed by atoms with Gasteiger partial charge in [-0.1, -0.05) is 32.9 Å². The Kier molecular flexibility index (Phi) is 6.89. The number of rotatable bonds is 9. The molecule has 3 heteroatoms. The first kappa shape index (κ1) is 16.0. The van der Waals surface area contributed by atoms with E-state index in [-0.39, 0.29) is 12.1 Å². The summed E-state index contributed by atoms with van der Waals surface area (Å²) in [6.07, 6.45) is 2.88. The van der Waals surface area contributed by atoms with Crippen LogP contribution in [0.25, 0.3) is 0 Å². The highest BCUT2D eigenvalue weighted by Crippen LogP contribution is 2.17. The molecule has 1 aromatic rings. The molecular formula is C16H27NO2. The second-order valence-electron chi connectivity index (χ2n) is 4.99. The van der Waals surface area contributed by atoms with E-state index in [0.29, 0.717) is 0 Å². The van der Waals surface area contributed by atoms with Crippen molar-refractivity contribution in [2.75, 3.05) is 13.2 Å². The van der Waals surface area contributed by atoms with Gasteiger partial charge in [0.2, 0.25) is 0 Å². The molecule has 0 spiro atoms. The molecule has 0 amide bonds. The summed E-state index contributed by atoms with van der Waals surface area (Å²) < 4.78 is 5.56. The number of aliphatic hydroxyl groups excluding tert-OH is 1. The van der Waals surface area contributed by atoms with Gasteiger partial charge in [-0.3, -0.25) is 0 Å². The van der Waals surface area contributed by atoms with E-state index in [1.54, 1.807) is 0 Å².